The minimum atomic E-state index is -0.214. The fraction of sp³-hybridized carbons (Fsp3) is 0.227. The maximum Gasteiger partial charge on any atom is 0.251 e. The van der Waals surface area contributed by atoms with Crippen LogP contribution in [0.4, 0.5) is 0 Å². The number of nitrogens with zero attached hydrogens (tertiary/aromatic N) is 2. The molecule has 0 aliphatic rings. The van der Waals surface area contributed by atoms with Gasteiger partial charge in [0.25, 0.3) is 5.91 Å². The quantitative estimate of drug-likeness (QED) is 0.681. The molecule has 2 N–H and O–H groups in total. The Labute approximate surface area is 164 Å². The van der Waals surface area contributed by atoms with Gasteiger partial charge < -0.3 is 15.2 Å². The molecular formula is C22H23N3O3. The largest absolute Gasteiger partial charge is 0.493 e. The number of rotatable bonds is 6. The van der Waals surface area contributed by atoms with E-state index in [9.17, 15) is 9.90 Å². The second-order valence-corrected chi connectivity index (χ2v) is 6.63. The van der Waals surface area contributed by atoms with Crippen LogP contribution in [0.2, 0.25) is 0 Å². The van der Waals surface area contributed by atoms with Crippen LogP contribution in [0.1, 0.15) is 45.8 Å². The normalized spacial score (nSPS) is 11.7. The van der Waals surface area contributed by atoms with E-state index in [0.29, 0.717) is 11.1 Å². The average Bonchev–Trinajstić information content (AvgIpc) is 2.68. The van der Waals surface area contributed by atoms with Crippen molar-refractivity contribution in [2.24, 2.45) is 0 Å². The highest BCUT2D eigenvalue weighted by molar-refractivity contribution is 5.94. The van der Waals surface area contributed by atoms with Crippen molar-refractivity contribution in [3.63, 3.8) is 0 Å². The minimum absolute atomic E-state index is 0.0461. The zero-order valence-electron chi connectivity index (χ0n) is 16.1. The molecule has 0 saturated carbocycles. The number of ether oxygens (including phenoxy) is 1. The Morgan fingerprint density at radius 2 is 1.82 bits per heavy atom. The number of carbonyl (C=O) groups is 1. The molecule has 0 saturated heterocycles. The summed E-state index contributed by atoms with van der Waals surface area (Å²) >= 11 is 0. The molecule has 28 heavy (non-hydrogen) atoms. The summed E-state index contributed by atoms with van der Waals surface area (Å²) in [5.41, 5.74) is 3.75. The van der Waals surface area contributed by atoms with Crippen molar-refractivity contribution in [3.05, 3.63) is 82.8 Å². The van der Waals surface area contributed by atoms with Gasteiger partial charge in [-0.05, 0) is 62.2 Å². The van der Waals surface area contributed by atoms with Crippen molar-refractivity contribution < 1.29 is 14.6 Å². The highest BCUT2D eigenvalue weighted by atomic mass is 16.5. The van der Waals surface area contributed by atoms with E-state index in [1.54, 1.807) is 36.7 Å². The topological polar surface area (TPSA) is 84.3 Å². The van der Waals surface area contributed by atoms with E-state index < -0.39 is 0 Å². The van der Waals surface area contributed by atoms with E-state index in [2.05, 4.69) is 15.3 Å². The van der Waals surface area contributed by atoms with Gasteiger partial charge in [0, 0.05) is 35.8 Å². The molecule has 1 atom stereocenters. The van der Waals surface area contributed by atoms with Crippen LogP contribution in [0.3, 0.4) is 0 Å². The minimum Gasteiger partial charge on any atom is -0.493 e. The zero-order chi connectivity index (χ0) is 20.1. The molecule has 6 nitrogen and oxygen atoms in total. The molecule has 2 aromatic heterocycles. The number of aryl methyl sites for hydroxylation is 2. The van der Waals surface area contributed by atoms with Crippen LogP contribution in [-0.2, 0) is 6.54 Å². The summed E-state index contributed by atoms with van der Waals surface area (Å²) in [6.07, 6.45) is 3.20. The van der Waals surface area contributed by atoms with Crippen LogP contribution in [0.15, 0.2) is 54.9 Å². The first-order valence-electron chi connectivity index (χ1n) is 9.05. The van der Waals surface area contributed by atoms with E-state index in [1.165, 1.54) is 0 Å². The second-order valence-electron chi connectivity index (χ2n) is 6.63. The molecule has 1 unspecified atom stereocenters. The first kappa shape index (κ1) is 19.4. The lowest BCUT2D eigenvalue weighted by Crippen LogP contribution is -2.23. The lowest BCUT2D eigenvalue weighted by Gasteiger charge is -2.15. The van der Waals surface area contributed by atoms with Gasteiger partial charge in [-0.1, -0.05) is 12.1 Å². The third-order valence-electron chi connectivity index (χ3n) is 4.48. The van der Waals surface area contributed by atoms with Crippen molar-refractivity contribution in [2.75, 3.05) is 0 Å². The zero-order valence-corrected chi connectivity index (χ0v) is 16.1. The number of aromatic nitrogens is 2. The Bertz CT molecular complexity index is 934. The molecule has 0 aliphatic carbocycles. The van der Waals surface area contributed by atoms with Crippen molar-refractivity contribution >= 4 is 5.91 Å². The summed E-state index contributed by atoms with van der Waals surface area (Å²) in [6.45, 7) is 5.86. The molecule has 144 valence electrons. The maximum atomic E-state index is 12.4. The number of carbonyl (C=O) groups excluding carboxylic acids is 1. The predicted molar refractivity (Wildman–Crippen MR) is 106 cm³/mol. The molecular weight excluding hydrogens is 354 g/mol. The van der Waals surface area contributed by atoms with E-state index in [0.717, 1.165) is 22.6 Å². The lowest BCUT2D eigenvalue weighted by atomic mass is 10.1. The summed E-state index contributed by atoms with van der Waals surface area (Å²) in [4.78, 5) is 20.4. The fourth-order valence-corrected chi connectivity index (χ4v) is 2.93. The van der Waals surface area contributed by atoms with Gasteiger partial charge in [-0.25, -0.2) is 4.98 Å². The highest BCUT2D eigenvalue weighted by Crippen LogP contribution is 2.22. The van der Waals surface area contributed by atoms with Crippen molar-refractivity contribution in [2.45, 2.75) is 33.4 Å². The van der Waals surface area contributed by atoms with Crippen LogP contribution >= 0.6 is 0 Å². The molecule has 1 aromatic carbocycles. The third-order valence-corrected chi connectivity index (χ3v) is 4.48. The van der Waals surface area contributed by atoms with Crippen LogP contribution < -0.4 is 10.1 Å². The number of amides is 1. The standard InChI is InChI=1S/C22H23N3O3/c1-14-12-15(2)25-22(27)20(14)13-24-21(26)18-6-4-17(5-7-18)16(3)28-19-8-10-23-11-9-19/h4-12,16H,13H2,1-3H3,(H,24,26)(H,25,27). The van der Waals surface area contributed by atoms with Gasteiger partial charge in [0.15, 0.2) is 0 Å². The highest BCUT2D eigenvalue weighted by Gasteiger charge is 2.12. The molecule has 6 heteroatoms. The SMILES string of the molecule is Cc1cc(C)c(CNC(=O)c2ccc(C(C)Oc3ccncc3)cc2)c(O)n1. The summed E-state index contributed by atoms with van der Waals surface area (Å²) in [5, 5.41) is 12.8. The molecule has 0 bridgehead atoms. The predicted octanol–water partition coefficient (Wildman–Crippen LogP) is 3.87. The van der Waals surface area contributed by atoms with Gasteiger partial charge in [0.1, 0.15) is 11.9 Å². The molecule has 0 spiro atoms. The number of nitrogens with one attached hydrogen (secondary N) is 1. The Morgan fingerprint density at radius 3 is 2.46 bits per heavy atom. The van der Waals surface area contributed by atoms with Gasteiger partial charge in [-0.2, -0.15) is 0 Å². The molecule has 0 fully saturated rings. The molecule has 1 amide bonds. The van der Waals surface area contributed by atoms with E-state index in [-0.39, 0.29) is 24.4 Å². The van der Waals surface area contributed by atoms with Crippen molar-refractivity contribution in [1.82, 2.24) is 15.3 Å². The van der Waals surface area contributed by atoms with Gasteiger partial charge >= 0.3 is 0 Å². The van der Waals surface area contributed by atoms with E-state index >= 15 is 0 Å². The second kappa shape index (κ2) is 8.52. The smallest absolute Gasteiger partial charge is 0.251 e. The van der Waals surface area contributed by atoms with Gasteiger partial charge in [0.2, 0.25) is 5.88 Å². The Kier molecular flexibility index (Phi) is 5.89. The van der Waals surface area contributed by atoms with Gasteiger partial charge in [-0.15, -0.1) is 0 Å². The van der Waals surface area contributed by atoms with Crippen LogP contribution in [-0.4, -0.2) is 21.0 Å². The number of benzene rings is 1. The number of hydrogen-bond donors (Lipinski definition) is 2. The number of pyridine rings is 2. The Balaban J connectivity index is 1.62. The van der Waals surface area contributed by atoms with Gasteiger partial charge in [0.05, 0.1) is 0 Å². The first-order chi connectivity index (χ1) is 13.4. The monoisotopic (exact) mass is 377 g/mol. The Hall–Kier alpha value is -3.41. The maximum absolute atomic E-state index is 12.4. The molecule has 0 radical (unpaired) electrons. The van der Waals surface area contributed by atoms with Crippen molar-refractivity contribution in [3.8, 4) is 11.6 Å². The lowest BCUT2D eigenvalue weighted by molar-refractivity contribution is 0.0950. The number of hydrogen-bond acceptors (Lipinski definition) is 5. The first-order valence-corrected chi connectivity index (χ1v) is 9.05. The average molecular weight is 377 g/mol. The van der Waals surface area contributed by atoms with Crippen LogP contribution in [0, 0.1) is 13.8 Å². The van der Waals surface area contributed by atoms with Gasteiger partial charge in [-0.3, -0.25) is 9.78 Å². The Morgan fingerprint density at radius 1 is 1.14 bits per heavy atom. The van der Waals surface area contributed by atoms with E-state index in [1.807, 2.05) is 39.0 Å². The van der Waals surface area contributed by atoms with Crippen LogP contribution in [0.5, 0.6) is 11.6 Å². The van der Waals surface area contributed by atoms with E-state index in [4.69, 9.17) is 4.74 Å². The molecule has 3 aromatic rings. The number of aromatic hydroxyl groups is 1. The molecule has 0 aliphatic heterocycles. The summed E-state index contributed by atoms with van der Waals surface area (Å²) in [7, 11) is 0. The fourth-order valence-electron chi connectivity index (χ4n) is 2.93. The molecule has 2 heterocycles. The summed E-state index contributed by atoms with van der Waals surface area (Å²) in [6, 6.07) is 12.7. The summed E-state index contributed by atoms with van der Waals surface area (Å²) < 4.78 is 5.87. The van der Waals surface area contributed by atoms with Crippen molar-refractivity contribution in [1.29, 1.82) is 0 Å². The third kappa shape index (κ3) is 4.65. The molecule has 3 rings (SSSR count). The summed E-state index contributed by atoms with van der Waals surface area (Å²) in [5.74, 6) is 0.482. The van der Waals surface area contributed by atoms with Crippen LogP contribution in [0.25, 0.3) is 0 Å².